The summed E-state index contributed by atoms with van der Waals surface area (Å²) in [6.07, 6.45) is 3.37. The maximum Gasteiger partial charge on any atom is 0.328 e. The third-order valence-electron chi connectivity index (χ3n) is 2.32. The fourth-order valence-electron chi connectivity index (χ4n) is 1.19. The lowest BCUT2D eigenvalue weighted by Gasteiger charge is -2.12. The molecule has 86 valence electrons. The van der Waals surface area contributed by atoms with Gasteiger partial charge in [0.25, 0.3) is 0 Å². The van der Waals surface area contributed by atoms with Crippen LogP contribution in [0.25, 0.3) is 0 Å². The van der Waals surface area contributed by atoms with E-state index in [9.17, 15) is 9.59 Å². The van der Waals surface area contributed by atoms with E-state index in [1.807, 2.05) is 0 Å². The zero-order valence-corrected chi connectivity index (χ0v) is 8.40. The Bertz CT molecular complexity index is 240. The van der Waals surface area contributed by atoms with Gasteiger partial charge in [-0.3, -0.25) is 0 Å². The van der Waals surface area contributed by atoms with Crippen LogP contribution in [0.15, 0.2) is 0 Å². The van der Waals surface area contributed by atoms with E-state index in [1.165, 1.54) is 12.8 Å². The summed E-state index contributed by atoms with van der Waals surface area (Å²) in [4.78, 5) is 21.6. The van der Waals surface area contributed by atoms with Crippen LogP contribution in [0, 0.1) is 5.92 Å². The monoisotopic (exact) mass is 216 g/mol. The summed E-state index contributed by atoms with van der Waals surface area (Å²) in [5.41, 5.74) is 0. The molecule has 0 aromatic heterocycles. The second-order valence-corrected chi connectivity index (χ2v) is 3.71. The first kappa shape index (κ1) is 11.8. The number of aliphatic hydroxyl groups is 1. The molecular weight excluding hydrogens is 200 g/mol. The van der Waals surface area contributed by atoms with Crippen molar-refractivity contribution in [2.24, 2.45) is 5.92 Å². The van der Waals surface area contributed by atoms with E-state index in [0.29, 0.717) is 6.54 Å². The van der Waals surface area contributed by atoms with E-state index in [0.717, 1.165) is 12.3 Å². The first-order chi connectivity index (χ1) is 7.13. The molecule has 0 radical (unpaired) electrons. The fourth-order valence-corrected chi connectivity index (χ4v) is 1.19. The first-order valence-electron chi connectivity index (χ1n) is 5.01. The lowest BCUT2D eigenvalue weighted by molar-refractivity contribution is -0.140. The van der Waals surface area contributed by atoms with Gasteiger partial charge in [-0.25, -0.2) is 9.59 Å². The van der Waals surface area contributed by atoms with Crippen molar-refractivity contribution < 1.29 is 19.8 Å². The molecule has 15 heavy (non-hydrogen) atoms. The molecule has 1 rings (SSSR count). The van der Waals surface area contributed by atoms with Crippen molar-refractivity contribution in [3.63, 3.8) is 0 Å². The Morgan fingerprint density at radius 1 is 1.40 bits per heavy atom. The molecule has 1 aliphatic carbocycles. The van der Waals surface area contributed by atoms with Gasteiger partial charge in [0.05, 0.1) is 6.61 Å². The van der Waals surface area contributed by atoms with E-state index in [-0.39, 0.29) is 0 Å². The highest BCUT2D eigenvalue weighted by Gasteiger charge is 2.21. The molecule has 1 fully saturated rings. The van der Waals surface area contributed by atoms with Gasteiger partial charge in [-0.1, -0.05) is 12.8 Å². The number of amides is 2. The number of carbonyl (C=O) groups is 2. The van der Waals surface area contributed by atoms with Crippen molar-refractivity contribution in [3.05, 3.63) is 0 Å². The Kier molecular flexibility index (Phi) is 4.36. The molecule has 2 amide bonds. The van der Waals surface area contributed by atoms with Crippen LogP contribution in [0.1, 0.15) is 19.3 Å². The fraction of sp³-hybridized carbons (Fsp3) is 0.778. The average Bonchev–Trinajstić information content (AvgIpc) is 2.97. The van der Waals surface area contributed by atoms with Crippen LogP contribution in [-0.2, 0) is 4.79 Å². The summed E-state index contributed by atoms with van der Waals surface area (Å²) in [5, 5.41) is 21.9. The predicted molar refractivity (Wildman–Crippen MR) is 52.4 cm³/mol. The highest BCUT2D eigenvalue weighted by molar-refractivity contribution is 5.82. The molecule has 0 saturated heterocycles. The zero-order valence-electron chi connectivity index (χ0n) is 8.40. The van der Waals surface area contributed by atoms with Gasteiger partial charge in [0.1, 0.15) is 0 Å². The second-order valence-electron chi connectivity index (χ2n) is 3.71. The van der Waals surface area contributed by atoms with Crippen LogP contribution >= 0.6 is 0 Å². The summed E-state index contributed by atoms with van der Waals surface area (Å²) in [7, 11) is 0. The SMILES string of the molecule is O=C(NCCC1CC1)N[C@H](CO)C(=O)O. The number of nitrogens with one attached hydrogen (secondary N) is 2. The van der Waals surface area contributed by atoms with Crippen molar-refractivity contribution in [1.82, 2.24) is 10.6 Å². The van der Waals surface area contributed by atoms with Gasteiger partial charge in [0, 0.05) is 6.54 Å². The molecular formula is C9H16N2O4. The van der Waals surface area contributed by atoms with Crippen LogP contribution in [-0.4, -0.2) is 41.4 Å². The summed E-state index contributed by atoms with van der Waals surface area (Å²) in [5.74, 6) is -0.520. The van der Waals surface area contributed by atoms with Gasteiger partial charge < -0.3 is 20.8 Å². The molecule has 6 nitrogen and oxygen atoms in total. The molecule has 6 heteroatoms. The molecule has 0 heterocycles. The minimum Gasteiger partial charge on any atom is -0.480 e. The Labute approximate surface area is 87.7 Å². The van der Waals surface area contributed by atoms with Crippen molar-refractivity contribution >= 4 is 12.0 Å². The number of hydrogen-bond acceptors (Lipinski definition) is 3. The molecule has 0 spiro atoms. The van der Waals surface area contributed by atoms with Crippen LogP contribution < -0.4 is 10.6 Å². The number of rotatable bonds is 6. The van der Waals surface area contributed by atoms with E-state index < -0.39 is 24.6 Å². The lowest BCUT2D eigenvalue weighted by atomic mass is 10.3. The van der Waals surface area contributed by atoms with E-state index in [2.05, 4.69) is 10.6 Å². The van der Waals surface area contributed by atoms with E-state index in [4.69, 9.17) is 10.2 Å². The highest BCUT2D eigenvalue weighted by Crippen LogP contribution is 2.31. The van der Waals surface area contributed by atoms with Gasteiger partial charge in [-0.2, -0.15) is 0 Å². The zero-order chi connectivity index (χ0) is 11.3. The van der Waals surface area contributed by atoms with Gasteiger partial charge in [-0.05, 0) is 12.3 Å². The highest BCUT2D eigenvalue weighted by atomic mass is 16.4. The van der Waals surface area contributed by atoms with Crippen LogP contribution in [0.4, 0.5) is 4.79 Å². The number of aliphatic carboxylic acids is 1. The van der Waals surface area contributed by atoms with Crippen molar-refractivity contribution in [2.45, 2.75) is 25.3 Å². The Morgan fingerprint density at radius 3 is 2.53 bits per heavy atom. The predicted octanol–water partition coefficient (Wildman–Crippen LogP) is -0.469. The third-order valence-corrected chi connectivity index (χ3v) is 2.32. The Morgan fingerprint density at radius 2 is 2.07 bits per heavy atom. The number of hydrogen-bond donors (Lipinski definition) is 4. The normalized spacial score (nSPS) is 16.9. The summed E-state index contributed by atoms with van der Waals surface area (Å²) < 4.78 is 0. The smallest absolute Gasteiger partial charge is 0.328 e. The molecule has 4 N–H and O–H groups in total. The molecule has 0 bridgehead atoms. The van der Waals surface area contributed by atoms with Crippen molar-refractivity contribution in [3.8, 4) is 0 Å². The molecule has 0 aromatic carbocycles. The van der Waals surface area contributed by atoms with Crippen molar-refractivity contribution in [1.29, 1.82) is 0 Å². The van der Waals surface area contributed by atoms with Crippen molar-refractivity contribution in [2.75, 3.05) is 13.2 Å². The molecule has 0 aromatic rings. The van der Waals surface area contributed by atoms with Crippen LogP contribution in [0.5, 0.6) is 0 Å². The minimum atomic E-state index is -1.24. The average molecular weight is 216 g/mol. The van der Waals surface area contributed by atoms with Gasteiger partial charge >= 0.3 is 12.0 Å². The summed E-state index contributed by atoms with van der Waals surface area (Å²) >= 11 is 0. The van der Waals surface area contributed by atoms with Crippen LogP contribution in [0.2, 0.25) is 0 Å². The molecule has 1 saturated carbocycles. The largest absolute Gasteiger partial charge is 0.480 e. The summed E-state index contributed by atoms with van der Waals surface area (Å²) in [6.45, 7) is -0.0559. The summed E-state index contributed by atoms with van der Waals surface area (Å²) in [6, 6.07) is -1.77. The molecule has 0 unspecified atom stereocenters. The maximum atomic E-state index is 11.1. The van der Waals surface area contributed by atoms with Gasteiger partial charge in [-0.15, -0.1) is 0 Å². The van der Waals surface area contributed by atoms with Gasteiger partial charge in [0.2, 0.25) is 0 Å². The quantitative estimate of drug-likeness (QED) is 0.482. The molecule has 0 aliphatic heterocycles. The van der Waals surface area contributed by atoms with E-state index in [1.54, 1.807) is 0 Å². The third kappa shape index (κ3) is 4.64. The Balaban J connectivity index is 2.12. The maximum absolute atomic E-state index is 11.1. The number of aliphatic hydroxyl groups excluding tert-OH is 1. The van der Waals surface area contributed by atoms with Crippen LogP contribution in [0.3, 0.4) is 0 Å². The molecule has 1 atom stereocenters. The topological polar surface area (TPSA) is 98.7 Å². The number of carboxylic acids is 1. The van der Waals surface area contributed by atoms with E-state index >= 15 is 0 Å². The second kappa shape index (κ2) is 5.55. The number of carboxylic acid groups (broad SMARTS) is 1. The standard InChI is InChI=1S/C9H16N2O4/c12-5-7(8(13)14)11-9(15)10-4-3-6-1-2-6/h6-7,12H,1-5H2,(H,13,14)(H2,10,11,15)/t7-/m1/s1. The Hall–Kier alpha value is -1.30. The number of carbonyl (C=O) groups excluding carboxylic acids is 1. The van der Waals surface area contributed by atoms with Gasteiger partial charge in [0.15, 0.2) is 6.04 Å². The molecule has 1 aliphatic rings. The minimum absolute atomic E-state index is 0.544. The first-order valence-corrected chi connectivity index (χ1v) is 5.01. The lowest BCUT2D eigenvalue weighted by Crippen LogP contribution is -2.48. The number of urea groups is 1.